The Morgan fingerprint density at radius 1 is 0.938 bits per heavy atom. The molecule has 0 heterocycles. The fourth-order valence-electron chi connectivity index (χ4n) is 1.42. The summed E-state index contributed by atoms with van der Waals surface area (Å²) in [6.07, 6.45) is 0.621. The lowest BCUT2D eigenvalue weighted by Gasteiger charge is -2.03. The van der Waals surface area contributed by atoms with E-state index < -0.39 is 11.6 Å². The van der Waals surface area contributed by atoms with Crippen LogP contribution in [0, 0.1) is 11.6 Å². The summed E-state index contributed by atoms with van der Waals surface area (Å²) in [5.74, 6) is -0.979. The van der Waals surface area contributed by atoms with Crippen LogP contribution in [0.3, 0.4) is 0 Å². The number of halogens is 2. The molecule has 0 radical (unpaired) electrons. The highest BCUT2D eigenvalue weighted by atomic mass is 31.1. The highest BCUT2D eigenvalue weighted by Gasteiger charge is 2.03. The number of hydrogen-bond donors (Lipinski definition) is 0. The normalized spacial score (nSPS) is 11.1. The summed E-state index contributed by atoms with van der Waals surface area (Å²) in [6.45, 7) is 0. The summed E-state index contributed by atoms with van der Waals surface area (Å²) in [6, 6.07) is 13.7. The van der Waals surface area contributed by atoms with E-state index in [0.29, 0.717) is 20.3 Å². The van der Waals surface area contributed by atoms with Crippen molar-refractivity contribution in [3.8, 4) is 0 Å². The Balaban J connectivity index is 2.05. The van der Waals surface area contributed by atoms with Crippen LogP contribution in [-0.2, 0) is 6.16 Å². The van der Waals surface area contributed by atoms with Gasteiger partial charge in [0.25, 0.3) is 0 Å². The minimum absolute atomic E-state index is 0.455. The highest BCUT2D eigenvalue weighted by molar-refractivity contribution is 7.46. The van der Waals surface area contributed by atoms with E-state index in [4.69, 9.17) is 0 Å². The summed E-state index contributed by atoms with van der Waals surface area (Å²) in [5, 5.41) is 1.19. The molecule has 0 aliphatic rings. The summed E-state index contributed by atoms with van der Waals surface area (Å²) in [5.41, 5.74) is 0.573. The van der Waals surface area contributed by atoms with Crippen molar-refractivity contribution >= 4 is 13.9 Å². The molecule has 0 saturated carbocycles. The fraction of sp³-hybridized carbons (Fsp3) is 0.0769. The van der Waals surface area contributed by atoms with Crippen LogP contribution < -0.4 is 5.30 Å². The molecule has 0 fully saturated rings. The van der Waals surface area contributed by atoms with Gasteiger partial charge in [-0.1, -0.05) is 45.0 Å². The molecular formula is C13H11F2P. The van der Waals surface area contributed by atoms with Crippen LogP contribution in [0.4, 0.5) is 8.78 Å². The van der Waals surface area contributed by atoms with Crippen LogP contribution in [0.15, 0.2) is 48.5 Å². The maximum Gasteiger partial charge on any atom is 0.129 e. The topological polar surface area (TPSA) is 0 Å². The second kappa shape index (κ2) is 5.18. The van der Waals surface area contributed by atoms with Crippen LogP contribution in [0.5, 0.6) is 0 Å². The molecule has 2 rings (SSSR count). The van der Waals surface area contributed by atoms with E-state index in [0.717, 1.165) is 6.07 Å². The Morgan fingerprint density at radius 3 is 2.38 bits per heavy atom. The first kappa shape index (κ1) is 11.2. The molecule has 0 aliphatic heterocycles. The SMILES string of the molecule is Fc1ccc(CPc2ccccc2)c(F)c1. The average molecular weight is 236 g/mol. The van der Waals surface area contributed by atoms with Gasteiger partial charge in [0.1, 0.15) is 11.6 Å². The van der Waals surface area contributed by atoms with E-state index >= 15 is 0 Å². The monoisotopic (exact) mass is 236 g/mol. The minimum Gasteiger partial charge on any atom is -0.207 e. The molecule has 0 bridgehead atoms. The van der Waals surface area contributed by atoms with Gasteiger partial charge in [0.05, 0.1) is 0 Å². The molecular weight excluding hydrogens is 225 g/mol. The van der Waals surface area contributed by atoms with E-state index in [1.54, 1.807) is 0 Å². The first-order chi connectivity index (χ1) is 7.75. The van der Waals surface area contributed by atoms with Crippen molar-refractivity contribution in [2.24, 2.45) is 0 Å². The van der Waals surface area contributed by atoms with Gasteiger partial charge in [-0.05, 0) is 23.1 Å². The Kier molecular flexibility index (Phi) is 3.63. The van der Waals surface area contributed by atoms with Gasteiger partial charge in [-0.2, -0.15) is 0 Å². The second-order valence-electron chi connectivity index (χ2n) is 3.46. The molecule has 0 nitrogen and oxygen atoms in total. The van der Waals surface area contributed by atoms with Crippen molar-refractivity contribution in [3.05, 3.63) is 65.7 Å². The lowest BCUT2D eigenvalue weighted by atomic mass is 10.2. The molecule has 0 saturated heterocycles. The maximum atomic E-state index is 13.3. The lowest BCUT2D eigenvalue weighted by molar-refractivity contribution is 0.576. The van der Waals surface area contributed by atoms with Crippen molar-refractivity contribution in [1.82, 2.24) is 0 Å². The summed E-state index contributed by atoms with van der Waals surface area (Å²) in [4.78, 5) is 0. The van der Waals surface area contributed by atoms with Gasteiger partial charge >= 0.3 is 0 Å². The van der Waals surface area contributed by atoms with Crippen molar-refractivity contribution in [2.45, 2.75) is 6.16 Å². The lowest BCUT2D eigenvalue weighted by Crippen LogP contribution is -1.95. The second-order valence-corrected chi connectivity index (χ2v) is 4.74. The van der Waals surface area contributed by atoms with Gasteiger partial charge in [0, 0.05) is 6.07 Å². The van der Waals surface area contributed by atoms with Crippen LogP contribution in [0.25, 0.3) is 0 Å². The summed E-state index contributed by atoms with van der Waals surface area (Å²) in [7, 11) is 0.513. The van der Waals surface area contributed by atoms with Crippen LogP contribution in [0.2, 0.25) is 0 Å². The molecule has 82 valence electrons. The zero-order valence-corrected chi connectivity index (χ0v) is 9.58. The van der Waals surface area contributed by atoms with Gasteiger partial charge in [-0.3, -0.25) is 0 Å². The fourth-order valence-corrected chi connectivity index (χ4v) is 2.53. The van der Waals surface area contributed by atoms with E-state index in [-0.39, 0.29) is 0 Å². The predicted molar refractivity (Wildman–Crippen MR) is 64.5 cm³/mol. The molecule has 2 aromatic rings. The average Bonchev–Trinajstić information content (AvgIpc) is 2.29. The molecule has 3 heteroatoms. The first-order valence-electron chi connectivity index (χ1n) is 4.98. The van der Waals surface area contributed by atoms with Crippen LogP contribution in [0.1, 0.15) is 5.56 Å². The first-order valence-corrected chi connectivity index (χ1v) is 6.19. The van der Waals surface area contributed by atoms with E-state index in [1.165, 1.54) is 17.4 Å². The van der Waals surface area contributed by atoms with Crippen molar-refractivity contribution in [1.29, 1.82) is 0 Å². The molecule has 0 aromatic heterocycles. The van der Waals surface area contributed by atoms with Crippen molar-refractivity contribution < 1.29 is 8.78 Å². The van der Waals surface area contributed by atoms with Crippen LogP contribution in [-0.4, -0.2) is 0 Å². The van der Waals surface area contributed by atoms with Gasteiger partial charge in [0.15, 0.2) is 0 Å². The van der Waals surface area contributed by atoms with E-state index in [2.05, 4.69) is 0 Å². The number of benzene rings is 2. The Hall–Kier alpha value is -1.27. The molecule has 2 aromatic carbocycles. The van der Waals surface area contributed by atoms with Gasteiger partial charge < -0.3 is 0 Å². The minimum atomic E-state index is -0.524. The zero-order valence-electron chi connectivity index (χ0n) is 8.58. The third-order valence-electron chi connectivity index (χ3n) is 2.27. The standard InChI is InChI=1S/C13H11F2P/c14-11-7-6-10(13(15)8-11)9-16-12-4-2-1-3-5-12/h1-8,16H,9H2. The van der Waals surface area contributed by atoms with Gasteiger partial charge in [-0.25, -0.2) is 8.78 Å². The maximum absolute atomic E-state index is 13.3. The molecule has 0 N–H and O–H groups in total. The molecule has 0 spiro atoms. The van der Waals surface area contributed by atoms with Crippen molar-refractivity contribution in [3.63, 3.8) is 0 Å². The van der Waals surface area contributed by atoms with Crippen LogP contribution >= 0.6 is 8.58 Å². The molecule has 1 atom stereocenters. The third-order valence-corrected chi connectivity index (χ3v) is 3.57. The number of rotatable bonds is 3. The quantitative estimate of drug-likeness (QED) is 0.716. The Morgan fingerprint density at radius 2 is 1.69 bits per heavy atom. The number of hydrogen-bond acceptors (Lipinski definition) is 0. The van der Waals surface area contributed by atoms with E-state index in [1.807, 2.05) is 30.3 Å². The van der Waals surface area contributed by atoms with Gasteiger partial charge in [0.2, 0.25) is 0 Å². The van der Waals surface area contributed by atoms with E-state index in [9.17, 15) is 8.78 Å². The summed E-state index contributed by atoms with van der Waals surface area (Å²) < 4.78 is 26.0. The Bertz CT molecular complexity index is 469. The largest absolute Gasteiger partial charge is 0.207 e. The molecule has 1 unspecified atom stereocenters. The Labute approximate surface area is 95.1 Å². The summed E-state index contributed by atoms with van der Waals surface area (Å²) >= 11 is 0. The molecule has 0 aliphatic carbocycles. The highest BCUT2D eigenvalue weighted by Crippen LogP contribution is 2.20. The smallest absolute Gasteiger partial charge is 0.129 e. The van der Waals surface area contributed by atoms with Crippen molar-refractivity contribution in [2.75, 3.05) is 0 Å². The third kappa shape index (κ3) is 2.86. The van der Waals surface area contributed by atoms with Gasteiger partial charge in [-0.15, -0.1) is 0 Å². The zero-order chi connectivity index (χ0) is 11.4. The predicted octanol–water partition coefficient (Wildman–Crippen LogP) is 3.47. The molecule has 16 heavy (non-hydrogen) atoms. The molecule has 0 amide bonds.